The zero-order chi connectivity index (χ0) is 29.5. The number of hydrogen-bond donors (Lipinski definition) is 0. The van der Waals surface area contributed by atoms with E-state index >= 15 is 0 Å². The van der Waals surface area contributed by atoms with Crippen molar-refractivity contribution >= 4 is 15.9 Å². The van der Waals surface area contributed by atoms with E-state index in [4.69, 9.17) is 4.74 Å². The van der Waals surface area contributed by atoms with Gasteiger partial charge in [-0.2, -0.15) is 4.31 Å². The van der Waals surface area contributed by atoms with Crippen LogP contribution in [0.4, 0.5) is 0 Å². The molecule has 2 aliphatic rings. The topological polar surface area (TPSA) is 75.1 Å². The number of benzene rings is 2. The van der Waals surface area contributed by atoms with Crippen molar-refractivity contribution in [3.05, 3.63) is 81.7 Å². The molecule has 3 aromatic rings. The molecule has 8 nitrogen and oxygen atoms in total. The summed E-state index contributed by atoms with van der Waals surface area (Å²) in [7, 11) is -2.29. The molecule has 0 saturated carbocycles. The van der Waals surface area contributed by atoms with E-state index in [9.17, 15) is 13.2 Å². The van der Waals surface area contributed by atoms with Crippen LogP contribution in [0.15, 0.2) is 47.5 Å². The highest BCUT2D eigenvalue weighted by Crippen LogP contribution is 2.37. The Morgan fingerprint density at radius 1 is 0.878 bits per heavy atom. The number of amides is 1. The fourth-order valence-corrected chi connectivity index (χ4v) is 8.63. The molecule has 0 aliphatic carbocycles. The van der Waals surface area contributed by atoms with Gasteiger partial charge in [0.05, 0.1) is 18.0 Å². The Balaban J connectivity index is 1.33. The quantitative estimate of drug-likeness (QED) is 0.412. The minimum atomic E-state index is -3.86. The number of nitrogens with zero attached hydrogens (tertiary/aromatic N) is 4. The lowest BCUT2D eigenvalue weighted by atomic mass is 9.99. The number of rotatable bonds is 7. The van der Waals surface area contributed by atoms with Crippen molar-refractivity contribution in [3.8, 4) is 5.75 Å². The Bertz CT molecular complexity index is 1510. The molecule has 2 aliphatic heterocycles. The number of aryl methyl sites for hydroxylation is 5. The normalized spacial score (nSPS) is 18.4. The van der Waals surface area contributed by atoms with Gasteiger partial charge in [-0.3, -0.25) is 9.69 Å². The van der Waals surface area contributed by atoms with Crippen LogP contribution in [-0.4, -0.2) is 72.8 Å². The number of piperazine rings is 1. The average Bonchev–Trinajstić information content (AvgIpc) is 3.40. The molecule has 1 atom stereocenters. The lowest BCUT2D eigenvalue weighted by Crippen LogP contribution is -2.50. The number of aromatic nitrogens is 1. The van der Waals surface area contributed by atoms with E-state index in [1.165, 1.54) is 22.3 Å². The first-order valence-corrected chi connectivity index (χ1v) is 15.8. The van der Waals surface area contributed by atoms with Gasteiger partial charge < -0.3 is 14.2 Å². The first-order chi connectivity index (χ1) is 19.5. The first kappa shape index (κ1) is 29.4. The van der Waals surface area contributed by atoms with Gasteiger partial charge in [-0.1, -0.05) is 17.7 Å². The van der Waals surface area contributed by atoms with Crippen LogP contribution in [0, 0.1) is 34.6 Å². The molecule has 220 valence electrons. The Hall–Kier alpha value is -3.14. The van der Waals surface area contributed by atoms with Gasteiger partial charge in [0.15, 0.2) is 0 Å². The van der Waals surface area contributed by atoms with Gasteiger partial charge in [-0.05, 0) is 86.7 Å². The van der Waals surface area contributed by atoms with E-state index in [-0.39, 0.29) is 12.3 Å². The van der Waals surface area contributed by atoms with E-state index < -0.39 is 16.1 Å². The molecule has 0 bridgehead atoms. The summed E-state index contributed by atoms with van der Waals surface area (Å²) in [5.41, 5.74) is 7.41. The van der Waals surface area contributed by atoms with Crippen molar-refractivity contribution in [1.82, 2.24) is 18.7 Å². The lowest BCUT2D eigenvalue weighted by molar-refractivity contribution is -0.134. The third kappa shape index (κ3) is 5.80. The SMILES string of the molecule is COc1cc(C)c(S(=O)(=O)N2CCn3cccc3C2CC(=O)N2CCN(Cc3c(C)cc(C)cc3C)CC2)c(C)c1. The molecule has 5 rings (SSSR count). The van der Waals surface area contributed by atoms with Crippen LogP contribution in [0.1, 0.15) is 51.5 Å². The number of fused-ring (bicyclic) bond motifs is 1. The van der Waals surface area contributed by atoms with Crippen molar-refractivity contribution in [2.24, 2.45) is 0 Å². The molecular formula is C32H42N4O4S. The summed E-state index contributed by atoms with van der Waals surface area (Å²) in [6, 6.07) is 11.3. The van der Waals surface area contributed by atoms with Gasteiger partial charge in [0, 0.05) is 64.1 Å². The van der Waals surface area contributed by atoms with Gasteiger partial charge in [-0.15, -0.1) is 0 Å². The van der Waals surface area contributed by atoms with Crippen molar-refractivity contribution in [2.75, 3.05) is 39.8 Å². The third-order valence-electron chi connectivity index (χ3n) is 8.67. The molecule has 9 heteroatoms. The predicted octanol–water partition coefficient (Wildman–Crippen LogP) is 4.52. The third-order valence-corrected chi connectivity index (χ3v) is 10.9. The highest BCUT2D eigenvalue weighted by atomic mass is 32.2. The first-order valence-electron chi connectivity index (χ1n) is 14.4. The molecule has 0 radical (unpaired) electrons. The summed E-state index contributed by atoms with van der Waals surface area (Å²) in [6.45, 7) is 14.7. The molecule has 1 saturated heterocycles. The van der Waals surface area contributed by atoms with Crippen LogP contribution in [0.2, 0.25) is 0 Å². The van der Waals surface area contributed by atoms with E-state index in [1.54, 1.807) is 37.4 Å². The number of carbonyl (C=O) groups excluding carboxylic acids is 1. The summed E-state index contributed by atoms with van der Waals surface area (Å²) in [5.74, 6) is 0.625. The van der Waals surface area contributed by atoms with Gasteiger partial charge in [-0.25, -0.2) is 8.42 Å². The largest absolute Gasteiger partial charge is 0.497 e. The van der Waals surface area contributed by atoms with E-state index in [0.29, 0.717) is 48.0 Å². The maximum Gasteiger partial charge on any atom is 0.244 e. The highest BCUT2D eigenvalue weighted by molar-refractivity contribution is 7.89. The minimum absolute atomic E-state index is 0.00429. The summed E-state index contributed by atoms with van der Waals surface area (Å²) in [6.07, 6.45) is 2.09. The van der Waals surface area contributed by atoms with Crippen LogP contribution in [-0.2, 0) is 27.9 Å². The summed E-state index contributed by atoms with van der Waals surface area (Å²) < 4.78 is 37.3. The maximum absolute atomic E-state index is 14.2. The highest BCUT2D eigenvalue weighted by Gasteiger charge is 2.40. The molecule has 41 heavy (non-hydrogen) atoms. The fraction of sp³-hybridized carbons (Fsp3) is 0.469. The molecule has 0 N–H and O–H groups in total. The molecule has 1 aromatic heterocycles. The Kier molecular flexibility index (Phi) is 8.32. The van der Waals surface area contributed by atoms with Crippen molar-refractivity contribution in [3.63, 3.8) is 0 Å². The van der Waals surface area contributed by atoms with Crippen LogP contribution in [0.3, 0.4) is 0 Å². The van der Waals surface area contributed by atoms with E-state index in [2.05, 4.69) is 42.4 Å². The van der Waals surface area contributed by atoms with E-state index in [0.717, 1.165) is 25.3 Å². The Morgan fingerprint density at radius 2 is 1.51 bits per heavy atom. The summed E-state index contributed by atoms with van der Waals surface area (Å²) in [4.78, 5) is 18.3. The van der Waals surface area contributed by atoms with Gasteiger partial charge in [0.25, 0.3) is 0 Å². The number of methoxy groups -OCH3 is 1. The van der Waals surface area contributed by atoms with Crippen molar-refractivity contribution in [1.29, 1.82) is 0 Å². The van der Waals surface area contributed by atoms with Crippen molar-refractivity contribution < 1.29 is 17.9 Å². The molecule has 3 heterocycles. The Labute approximate surface area is 244 Å². The summed E-state index contributed by atoms with van der Waals surface area (Å²) >= 11 is 0. The number of carbonyl (C=O) groups is 1. The van der Waals surface area contributed by atoms with Crippen molar-refractivity contribution in [2.45, 2.75) is 65.1 Å². The number of ether oxygens (including phenoxy) is 1. The lowest BCUT2D eigenvalue weighted by Gasteiger charge is -2.39. The average molecular weight is 579 g/mol. The zero-order valence-electron chi connectivity index (χ0n) is 25.1. The minimum Gasteiger partial charge on any atom is -0.497 e. The zero-order valence-corrected chi connectivity index (χ0v) is 25.9. The smallest absolute Gasteiger partial charge is 0.244 e. The second kappa shape index (κ2) is 11.6. The monoisotopic (exact) mass is 578 g/mol. The van der Waals surface area contributed by atoms with Crippen LogP contribution in [0.5, 0.6) is 5.75 Å². The van der Waals surface area contributed by atoms with Crippen LogP contribution >= 0.6 is 0 Å². The molecule has 1 unspecified atom stereocenters. The van der Waals surface area contributed by atoms with Gasteiger partial charge in [0.2, 0.25) is 15.9 Å². The fourth-order valence-electron chi connectivity index (χ4n) is 6.62. The number of sulfonamides is 1. The molecular weight excluding hydrogens is 536 g/mol. The van der Waals surface area contributed by atoms with Crippen LogP contribution in [0.25, 0.3) is 0 Å². The van der Waals surface area contributed by atoms with Crippen LogP contribution < -0.4 is 4.74 Å². The molecule has 2 aromatic carbocycles. The molecule has 0 spiro atoms. The van der Waals surface area contributed by atoms with Gasteiger partial charge >= 0.3 is 0 Å². The summed E-state index contributed by atoms with van der Waals surface area (Å²) in [5, 5.41) is 0. The molecule has 1 amide bonds. The predicted molar refractivity (Wildman–Crippen MR) is 161 cm³/mol. The van der Waals surface area contributed by atoms with Gasteiger partial charge in [0.1, 0.15) is 5.75 Å². The Morgan fingerprint density at radius 3 is 2.12 bits per heavy atom. The second-order valence-electron chi connectivity index (χ2n) is 11.6. The standard InChI is InChI=1S/C32H42N4O4S/c1-22-16-23(2)28(24(3)17-22)21-33-10-12-35(13-11-33)31(37)20-30-29-8-7-9-34(29)14-15-36(30)41(38,39)32-25(4)18-27(40-6)19-26(32)5/h7-9,16-19,30H,10-15,20-21H2,1-6H3. The number of hydrogen-bond acceptors (Lipinski definition) is 5. The molecule has 1 fully saturated rings. The van der Waals surface area contributed by atoms with E-state index in [1.807, 2.05) is 23.2 Å². The second-order valence-corrected chi connectivity index (χ2v) is 13.4. The maximum atomic E-state index is 14.2.